The molecule has 0 fully saturated rings. The Morgan fingerprint density at radius 2 is 1.77 bits per heavy atom. The summed E-state index contributed by atoms with van der Waals surface area (Å²) in [5.41, 5.74) is 0. The average Bonchev–Trinajstić information content (AvgIpc) is 2.26. The predicted molar refractivity (Wildman–Crippen MR) is 57.5 cm³/mol. The third kappa shape index (κ3) is 1.74. The summed E-state index contributed by atoms with van der Waals surface area (Å²) >= 11 is 0. The minimum Gasteiger partial charge on any atom is -0.251 e. The van der Waals surface area contributed by atoms with Crippen molar-refractivity contribution < 1.29 is 4.21 Å². The summed E-state index contributed by atoms with van der Waals surface area (Å²) in [4.78, 5) is 0. The Labute approximate surface area is 82.5 Å². The van der Waals surface area contributed by atoms with Gasteiger partial charge in [0, 0.05) is 0 Å². The third-order valence-electron chi connectivity index (χ3n) is 2.03. The molecule has 1 heterocycles. The molecule has 0 aromatic rings. The Morgan fingerprint density at radius 1 is 1.31 bits per heavy atom. The Bertz CT molecular complexity index is 266. The van der Waals surface area contributed by atoms with E-state index in [0.29, 0.717) is 5.88 Å². The van der Waals surface area contributed by atoms with Crippen LogP contribution in [0.5, 0.6) is 0 Å². The first-order chi connectivity index (χ1) is 5.91. The molecule has 0 spiro atoms. The van der Waals surface area contributed by atoms with Gasteiger partial charge in [0.2, 0.25) is 0 Å². The normalized spacial score (nSPS) is 28.4. The van der Waals surface area contributed by atoms with E-state index >= 15 is 0 Å². The lowest BCUT2D eigenvalue weighted by molar-refractivity contribution is 0.473. The van der Waals surface area contributed by atoms with Crippen molar-refractivity contribution in [1.82, 2.24) is 14.0 Å². The van der Waals surface area contributed by atoms with Crippen LogP contribution in [-0.2, 0) is 11.0 Å². The van der Waals surface area contributed by atoms with Gasteiger partial charge in [-0.05, 0) is 35.2 Å². The van der Waals surface area contributed by atoms with Crippen LogP contribution >= 0.6 is 7.51 Å². The molecule has 0 amide bonds. The van der Waals surface area contributed by atoms with E-state index in [-0.39, 0.29) is 0 Å². The molecule has 0 aromatic heterocycles. The van der Waals surface area contributed by atoms with Crippen LogP contribution in [0.2, 0.25) is 0 Å². The van der Waals surface area contributed by atoms with Crippen LogP contribution in [0, 0.1) is 0 Å². The van der Waals surface area contributed by atoms with Gasteiger partial charge in [-0.15, -0.1) is 0 Å². The van der Waals surface area contributed by atoms with Gasteiger partial charge in [0.15, 0.2) is 18.5 Å². The molecule has 13 heavy (non-hydrogen) atoms. The van der Waals surface area contributed by atoms with E-state index in [9.17, 15) is 4.21 Å². The van der Waals surface area contributed by atoms with E-state index in [0.717, 1.165) is 0 Å². The molecule has 5 nitrogen and oxygen atoms in total. The number of hydrogen-bond donors (Lipinski definition) is 0. The van der Waals surface area contributed by atoms with Gasteiger partial charge in [-0.3, -0.25) is 9.34 Å². The highest BCUT2D eigenvalue weighted by Gasteiger charge is 2.37. The van der Waals surface area contributed by atoms with Crippen molar-refractivity contribution in [2.45, 2.75) is 0 Å². The highest BCUT2D eigenvalue weighted by atomic mass is 32.2. The van der Waals surface area contributed by atoms with Crippen LogP contribution in [0.3, 0.4) is 0 Å². The molecule has 0 bridgehead atoms. The highest BCUT2D eigenvalue weighted by molar-refractivity contribution is 7.90. The zero-order chi connectivity index (χ0) is 10.2. The second kappa shape index (κ2) is 3.79. The second-order valence-electron chi connectivity index (χ2n) is 3.42. The lowest BCUT2D eigenvalue weighted by Crippen LogP contribution is -2.30. The zero-order valence-electron chi connectivity index (χ0n) is 8.76. The first-order valence-corrected chi connectivity index (χ1v) is 6.87. The molecule has 0 N–H and O–H groups in total. The first kappa shape index (κ1) is 11.3. The van der Waals surface area contributed by atoms with Crippen molar-refractivity contribution in [3.8, 4) is 0 Å². The largest absolute Gasteiger partial charge is 0.251 e. The van der Waals surface area contributed by atoms with Gasteiger partial charge >= 0.3 is 0 Å². The predicted octanol–water partition coefficient (Wildman–Crippen LogP) is 0.622. The smallest absolute Gasteiger partial charge is 0.182 e. The highest BCUT2D eigenvalue weighted by Crippen LogP contribution is 2.59. The van der Waals surface area contributed by atoms with E-state index in [2.05, 4.69) is 18.2 Å². The van der Waals surface area contributed by atoms with Crippen molar-refractivity contribution in [3.63, 3.8) is 0 Å². The van der Waals surface area contributed by atoms with Crippen LogP contribution in [0.15, 0.2) is 4.15 Å². The van der Waals surface area contributed by atoms with Gasteiger partial charge in [-0.1, -0.05) is 0 Å². The standard InChI is InChI=1S/C6H17N4OPS/c1-8(2)12(9(3)4)7-13(11)6-10(12)5/h6H2,1-5H3. The molecule has 7 heteroatoms. The topological polar surface area (TPSA) is 39.1 Å². The van der Waals surface area contributed by atoms with Gasteiger partial charge in [0.05, 0.1) is 0 Å². The van der Waals surface area contributed by atoms with E-state index in [1.165, 1.54) is 0 Å². The molecule has 78 valence electrons. The third-order valence-corrected chi connectivity index (χ3v) is 7.64. The number of nitrogens with zero attached hydrogens (tertiary/aromatic N) is 4. The van der Waals surface area contributed by atoms with Crippen LogP contribution in [0.25, 0.3) is 0 Å². The van der Waals surface area contributed by atoms with Gasteiger partial charge < -0.3 is 0 Å². The fraction of sp³-hybridized carbons (Fsp3) is 1.00. The van der Waals surface area contributed by atoms with Crippen molar-refractivity contribution in [3.05, 3.63) is 0 Å². The van der Waals surface area contributed by atoms with Gasteiger partial charge in [0.25, 0.3) is 0 Å². The van der Waals surface area contributed by atoms with E-state index in [1.807, 2.05) is 35.2 Å². The zero-order valence-corrected chi connectivity index (χ0v) is 10.5. The van der Waals surface area contributed by atoms with E-state index < -0.39 is 18.5 Å². The van der Waals surface area contributed by atoms with E-state index in [4.69, 9.17) is 0 Å². The Hall–Kier alpha value is 0.260. The maximum atomic E-state index is 11.4. The molecule has 1 aliphatic rings. The van der Waals surface area contributed by atoms with Crippen LogP contribution in [0.4, 0.5) is 0 Å². The van der Waals surface area contributed by atoms with Gasteiger partial charge in [0.1, 0.15) is 5.88 Å². The van der Waals surface area contributed by atoms with Crippen molar-refractivity contribution in [1.29, 1.82) is 0 Å². The Morgan fingerprint density at radius 3 is 1.92 bits per heavy atom. The van der Waals surface area contributed by atoms with Crippen molar-refractivity contribution in [2.75, 3.05) is 41.1 Å². The van der Waals surface area contributed by atoms with Crippen LogP contribution in [0.1, 0.15) is 0 Å². The lowest BCUT2D eigenvalue weighted by Gasteiger charge is -2.37. The lowest BCUT2D eigenvalue weighted by atomic mass is 11.2. The SMILES string of the molecule is CN(C)P1(N(C)C)=NS(=O)CN1C. The summed E-state index contributed by atoms with van der Waals surface area (Å²) in [5.74, 6) is 0.546. The van der Waals surface area contributed by atoms with Crippen molar-refractivity contribution in [2.24, 2.45) is 4.15 Å². The Balaban J connectivity index is 3.18. The minimum atomic E-state index is -1.81. The molecule has 0 saturated carbocycles. The molecule has 0 aromatic carbocycles. The minimum absolute atomic E-state index is 0.546. The summed E-state index contributed by atoms with van der Waals surface area (Å²) in [6, 6.07) is 0. The molecule has 1 aliphatic heterocycles. The maximum absolute atomic E-state index is 11.4. The molecule has 1 rings (SSSR count). The van der Waals surface area contributed by atoms with E-state index in [1.54, 1.807) is 0 Å². The van der Waals surface area contributed by atoms with Gasteiger partial charge in [-0.25, -0.2) is 8.88 Å². The molecule has 1 atom stereocenters. The number of rotatable bonds is 2. The molecular weight excluding hydrogens is 207 g/mol. The summed E-state index contributed by atoms with van der Waals surface area (Å²) in [6.45, 7) is 0. The average molecular weight is 224 g/mol. The number of hydrogen-bond acceptors (Lipinski definition) is 4. The van der Waals surface area contributed by atoms with Crippen LogP contribution in [-0.4, -0.2) is 59.3 Å². The molecule has 0 radical (unpaired) electrons. The molecule has 1 unspecified atom stereocenters. The van der Waals surface area contributed by atoms with Crippen LogP contribution < -0.4 is 0 Å². The molecule has 0 saturated heterocycles. The molecular formula is C6H17N4OPS. The maximum Gasteiger partial charge on any atom is 0.182 e. The fourth-order valence-electron chi connectivity index (χ4n) is 1.56. The second-order valence-corrected chi connectivity index (χ2v) is 8.33. The summed E-state index contributed by atoms with van der Waals surface area (Å²) < 4.78 is 21.9. The molecule has 0 aliphatic carbocycles. The first-order valence-electron chi connectivity index (χ1n) is 3.99. The Kier molecular flexibility index (Phi) is 3.30. The quantitative estimate of drug-likeness (QED) is 0.645. The van der Waals surface area contributed by atoms with Crippen molar-refractivity contribution >= 4 is 18.5 Å². The summed E-state index contributed by atoms with van der Waals surface area (Å²) in [6.07, 6.45) is 0. The van der Waals surface area contributed by atoms with Gasteiger partial charge in [-0.2, -0.15) is 4.15 Å². The summed E-state index contributed by atoms with van der Waals surface area (Å²) in [5, 5.41) is 0. The fourth-order valence-corrected chi connectivity index (χ4v) is 7.59. The monoisotopic (exact) mass is 224 g/mol. The summed E-state index contributed by atoms with van der Waals surface area (Å²) in [7, 11) is 7.04.